The first-order chi connectivity index (χ1) is 10.1. The van der Waals surface area contributed by atoms with E-state index in [1.807, 2.05) is 0 Å². The number of hydrogen-bond acceptors (Lipinski definition) is 4. The Morgan fingerprint density at radius 1 is 1.33 bits per heavy atom. The molecule has 0 aromatic carbocycles. The minimum Gasteiger partial charge on any atom is -0.481 e. The molecule has 2 atom stereocenters. The van der Waals surface area contributed by atoms with Crippen LogP contribution in [0.15, 0.2) is 0 Å². The summed E-state index contributed by atoms with van der Waals surface area (Å²) in [7, 11) is 0. The van der Waals surface area contributed by atoms with Crippen molar-refractivity contribution in [2.24, 2.45) is 5.92 Å². The molecule has 0 spiro atoms. The van der Waals surface area contributed by atoms with E-state index in [0.29, 0.717) is 32.2 Å². The van der Waals surface area contributed by atoms with Gasteiger partial charge in [0.2, 0.25) is 0 Å². The number of ether oxygens (including phenoxy) is 1. The van der Waals surface area contributed by atoms with Gasteiger partial charge in [0.05, 0.1) is 19.1 Å². The second kappa shape index (κ2) is 7.61. The van der Waals surface area contributed by atoms with Gasteiger partial charge in [0.15, 0.2) is 0 Å². The molecule has 2 aliphatic rings. The van der Waals surface area contributed by atoms with Gasteiger partial charge >= 0.3 is 12.0 Å². The Morgan fingerprint density at radius 3 is 2.81 bits per heavy atom. The number of nitrogens with zero attached hydrogens (tertiary/aromatic N) is 2. The van der Waals surface area contributed by atoms with Gasteiger partial charge in [-0.05, 0) is 25.4 Å². The van der Waals surface area contributed by atoms with E-state index in [-0.39, 0.29) is 12.5 Å². The summed E-state index contributed by atoms with van der Waals surface area (Å²) in [6.45, 7) is 7.32. The fourth-order valence-electron chi connectivity index (χ4n) is 2.93. The molecule has 2 unspecified atom stereocenters. The number of aliphatic carboxylic acids is 1. The number of carboxylic acids is 1. The van der Waals surface area contributed by atoms with Gasteiger partial charge in [0.25, 0.3) is 0 Å². The van der Waals surface area contributed by atoms with Crippen molar-refractivity contribution in [3.63, 3.8) is 0 Å². The van der Waals surface area contributed by atoms with Crippen molar-refractivity contribution in [1.82, 2.24) is 15.1 Å². The van der Waals surface area contributed by atoms with E-state index in [9.17, 15) is 9.59 Å². The summed E-state index contributed by atoms with van der Waals surface area (Å²) in [6.07, 6.45) is 0.667. The van der Waals surface area contributed by atoms with E-state index >= 15 is 0 Å². The third kappa shape index (κ3) is 4.86. The Morgan fingerprint density at radius 2 is 2.14 bits per heavy atom. The largest absolute Gasteiger partial charge is 0.481 e. The van der Waals surface area contributed by atoms with Gasteiger partial charge in [0.1, 0.15) is 0 Å². The average Bonchev–Trinajstić information content (AvgIpc) is 2.92. The molecular weight excluding hydrogens is 274 g/mol. The first-order valence-electron chi connectivity index (χ1n) is 7.67. The van der Waals surface area contributed by atoms with E-state index in [4.69, 9.17) is 9.84 Å². The molecule has 2 fully saturated rings. The van der Waals surface area contributed by atoms with Crippen molar-refractivity contribution in [2.45, 2.75) is 25.9 Å². The Kier molecular flexibility index (Phi) is 5.81. The van der Waals surface area contributed by atoms with Gasteiger partial charge < -0.3 is 25.0 Å². The van der Waals surface area contributed by atoms with Crippen molar-refractivity contribution in [1.29, 1.82) is 0 Å². The van der Waals surface area contributed by atoms with Crippen LogP contribution in [0.2, 0.25) is 0 Å². The fraction of sp³-hybridized carbons (Fsp3) is 0.857. The number of carbonyl (C=O) groups excluding carboxylic acids is 1. The second-order valence-electron chi connectivity index (χ2n) is 5.77. The zero-order chi connectivity index (χ0) is 15.2. The van der Waals surface area contributed by atoms with Crippen molar-refractivity contribution in [3.05, 3.63) is 0 Å². The Labute approximate surface area is 125 Å². The van der Waals surface area contributed by atoms with Crippen LogP contribution in [0, 0.1) is 5.92 Å². The molecule has 21 heavy (non-hydrogen) atoms. The maximum Gasteiger partial charge on any atom is 0.317 e. The molecule has 0 radical (unpaired) electrons. The molecule has 0 aromatic heterocycles. The molecule has 2 heterocycles. The first kappa shape index (κ1) is 16.0. The molecule has 120 valence electrons. The quantitative estimate of drug-likeness (QED) is 0.758. The Bertz CT molecular complexity index is 377. The van der Waals surface area contributed by atoms with Crippen LogP contribution in [0.5, 0.6) is 0 Å². The van der Waals surface area contributed by atoms with Crippen LogP contribution in [-0.2, 0) is 9.53 Å². The number of amides is 2. The molecule has 0 aromatic rings. The van der Waals surface area contributed by atoms with E-state index in [1.54, 1.807) is 4.90 Å². The molecule has 2 rings (SSSR count). The predicted molar refractivity (Wildman–Crippen MR) is 77.2 cm³/mol. The summed E-state index contributed by atoms with van der Waals surface area (Å²) in [4.78, 5) is 26.9. The van der Waals surface area contributed by atoms with Gasteiger partial charge in [-0.3, -0.25) is 4.79 Å². The molecule has 0 saturated carbocycles. The van der Waals surface area contributed by atoms with Crippen LogP contribution in [0.4, 0.5) is 4.79 Å². The number of urea groups is 1. The lowest BCUT2D eigenvalue weighted by Crippen LogP contribution is -2.50. The maximum absolute atomic E-state index is 12.1. The zero-order valence-electron chi connectivity index (χ0n) is 12.6. The smallest absolute Gasteiger partial charge is 0.317 e. The van der Waals surface area contributed by atoms with Crippen molar-refractivity contribution >= 4 is 12.0 Å². The van der Waals surface area contributed by atoms with E-state index in [1.165, 1.54) is 0 Å². The van der Waals surface area contributed by atoms with Crippen LogP contribution >= 0.6 is 0 Å². The third-order valence-electron chi connectivity index (χ3n) is 4.19. The molecule has 2 aliphatic heterocycles. The van der Waals surface area contributed by atoms with E-state index in [2.05, 4.69) is 17.1 Å². The summed E-state index contributed by atoms with van der Waals surface area (Å²) >= 11 is 0. The molecule has 0 aliphatic carbocycles. The molecule has 7 nitrogen and oxygen atoms in total. The molecule has 2 amide bonds. The maximum atomic E-state index is 12.1. The Balaban J connectivity index is 1.71. The summed E-state index contributed by atoms with van der Waals surface area (Å²) in [5, 5.41) is 11.8. The highest BCUT2D eigenvalue weighted by Gasteiger charge is 2.27. The Hall–Kier alpha value is -1.34. The zero-order valence-corrected chi connectivity index (χ0v) is 12.6. The molecule has 2 N–H and O–H groups in total. The fourth-order valence-corrected chi connectivity index (χ4v) is 2.93. The van der Waals surface area contributed by atoms with Gasteiger partial charge in [-0.25, -0.2) is 4.79 Å². The minimum absolute atomic E-state index is 0.0577. The number of likely N-dealkylation sites (tertiary alicyclic amines) is 1. The van der Waals surface area contributed by atoms with E-state index in [0.717, 1.165) is 26.1 Å². The predicted octanol–water partition coefficient (Wildman–Crippen LogP) is 0.213. The normalized spacial score (nSPS) is 26.8. The number of hydrogen-bond donors (Lipinski definition) is 2. The number of carbonyl (C=O) groups is 2. The summed E-state index contributed by atoms with van der Waals surface area (Å²) in [6, 6.07) is -0.108. The highest BCUT2D eigenvalue weighted by Crippen LogP contribution is 2.15. The van der Waals surface area contributed by atoms with Crippen molar-refractivity contribution in [2.75, 3.05) is 45.9 Å². The van der Waals surface area contributed by atoms with Crippen molar-refractivity contribution < 1.29 is 19.4 Å². The number of carboxylic acid groups (broad SMARTS) is 1. The SMILES string of the molecule is CCN1CCC(CNC(=O)N2CCOC(CC(=O)O)C2)C1. The topological polar surface area (TPSA) is 82.1 Å². The first-order valence-corrected chi connectivity index (χ1v) is 7.67. The van der Waals surface area contributed by atoms with Gasteiger partial charge in [-0.1, -0.05) is 6.92 Å². The lowest BCUT2D eigenvalue weighted by molar-refractivity contribution is -0.141. The van der Waals surface area contributed by atoms with Crippen LogP contribution in [0.25, 0.3) is 0 Å². The lowest BCUT2D eigenvalue weighted by atomic mass is 10.1. The molecule has 0 bridgehead atoms. The lowest BCUT2D eigenvalue weighted by Gasteiger charge is -2.32. The second-order valence-corrected chi connectivity index (χ2v) is 5.77. The molecule has 7 heteroatoms. The standard InChI is InChI=1S/C14H25N3O4/c1-2-16-4-3-11(9-16)8-15-14(20)17-5-6-21-12(10-17)7-13(18)19/h11-12H,2-10H2,1H3,(H,15,20)(H,18,19). The number of rotatable bonds is 5. The average molecular weight is 299 g/mol. The van der Waals surface area contributed by atoms with Gasteiger partial charge in [0, 0.05) is 26.2 Å². The van der Waals surface area contributed by atoms with Crippen LogP contribution in [0.1, 0.15) is 19.8 Å². The van der Waals surface area contributed by atoms with Crippen LogP contribution < -0.4 is 5.32 Å². The van der Waals surface area contributed by atoms with Gasteiger partial charge in [-0.2, -0.15) is 0 Å². The molecular formula is C14H25N3O4. The van der Waals surface area contributed by atoms with Crippen LogP contribution in [-0.4, -0.2) is 78.9 Å². The molecule has 2 saturated heterocycles. The number of nitrogens with one attached hydrogen (secondary N) is 1. The number of morpholine rings is 1. The monoisotopic (exact) mass is 299 g/mol. The summed E-state index contributed by atoms with van der Waals surface area (Å²) in [5.41, 5.74) is 0. The highest BCUT2D eigenvalue weighted by atomic mass is 16.5. The summed E-state index contributed by atoms with van der Waals surface area (Å²) in [5.74, 6) is -0.377. The summed E-state index contributed by atoms with van der Waals surface area (Å²) < 4.78 is 5.37. The minimum atomic E-state index is -0.895. The van der Waals surface area contributed by atoms with Crippen molar-refractivity contribution in [3.8, 4) is 0 Å². The third-order valence-corrected chi connectivity index (χ3v) is 4.19. The van der Waals surface area contributed by atoms with Crippen LogP contribution in [0.3, 0.4) is 0 Å². The van der Waals surface area contributed by atoms with E-state index < -0.39 is 12.1 Å². The van der Waals surface area contributed by atoms with Gasteiger partial charge in [-0.15, -0.1) is 0 Å². The highest BCUT2D eigenvalue weighted by molar-refractivity contribution is 5.74.